The summed E-state index contributed by atoms with van der Waals surface area (Å²) in [6.45, 7) is 4.70. The van der Waals surface area contributed by atoms with Crippen LogP contribution in [-0.2, 0) is 11.3 Å². The number of nitrogens with one attached hydrogen (secondary N) is 1. The van der Waals surface area contributed by atoms with Gasteiger partial charge in [0.25, 0.3) is 0 Å². The lowest BCUT2D eigenvalue weighted by molar-refractivity contribution is -0.123. The third-order valence-corrected chi connectivity index (χ3v) is 4.95. The largest absolute Gasteiger partial charge is 0.351 e. The molecule has 0 bridgehead atoms. The summed E-state index contributed by atoms with van der Waals surface area (Å²) in [6, 6.07) is 28.5. The second-order valence-electron chi connectivity index (χ2n) is 7.22. The fourth-order valence-corrected chi connectivity index (χ4v) is 3.30. The summed E-state index contributed by atoms with van der Waals surface area (Å²) >= 11 is 0. The van der Waals surface area contributed by atoms with E-state index in [1.165, 1.54) is 5.56 Å². The molecular weight excluding hydrogens is 342 g/mol. The number of amides is 1. The molecule has 3 rings (SSSR count). The van der Waals surface area contributed by atoms with E-state index in [2.05, 4.69) is 67.7 Å². The van der Waals surface area contributed by atoms with Gasteiger partial charge < -0.3 is 5.32 Å². The zero-order chi connectivity index (χ0) is 19.8. The van der Waals surface area contributed by atoms with E-state index in [-0.39, 0.29) is 17.7 Å². The molecule has 0 aromatic heterocycles. The van der Waals surface area contributed by atoms with Crippen LogP contribution in [0.3, 0.4) is 0 Å². The van der Waals surface area contributed by atoms with Crippen LogP contribution in [0.1, 0.15) is 35.1 Å². The van der Waals surface area contributed by atoms with Crippen molar-refractivity contribution >= 4 is 12.0 Å². The van der Waals surface area contributed by atoms with Crippen molar-refractivity contribution in [3.8, 4) is 0 Å². The number of hydrogen-bond donors (Lipinski definition) is 1. The van der Waals surface area contributed by atoms with Crippen LogP contribution in [0.5, 0.6) is 0 Å². The van der Waals surface area contributed by atoms with Crippen LogP contribution >= 0.6 is 0 Å². The molecule has 2 heteroatoms. The van der Waals surface area contributed by atoms with Crippen LogP contribution in [0.4, 0.5) is 0 Å². The van der Waals surface area contributed by atoms with Crippen molar-refractivity contribution in [1.82, 2.24) is 5.32 Å². The number of carbonyl (C=O) groups is 1. The van der Waals surface area contributed by atoms with Gasteiger partial charge in [-0.1, -0.05) is 110 Å². The molecule has 0 saturated carbocycles. The molecule has 2 atom stereocenters. The van der Waals surface area contributed by atoms with Crippen molar-refractivity contribution in [2.24, 2.45) is 5.92 Å². The van der Waals surface area contributed by atoms with E-state index in [9.17, 15) is 4.79 Å². The van der Waals surface area contributed by atoms with Gasteiger partial charge in [0.05, 0.1) is 5.92 Å². The van der Waals surface area contributed by atoms with Crippen LogP contribution in [0.25, 0.3) is 6.08 Å². The van der Waals surface area contributed by atoms with E-state index in [1.54, 1.807) is 0 Å². The molecule has 0 aliphatic heterocycles. The van der Waals surface area contributed by atoms with Crippen LogP contribution < -0.4 is 5.32 Å². The highest BCUT2D eigenvalue weighted by Gasteiger charge is 2.25. The van der Waals surface area contributed by atoms with Crippen molar-refractivity contribution in [3.05, 3.63) is 113 Å². The van der Waals surface area contributed by atoms with Crippen molar-refractivity contribution < 1.29 is 4.79 Å². The smallest absolute Gasteiger partial charge is 0.228 e. The third-order valence-electron chi connectivity index (χ3n) is 4.95. The molecule has 3 aromatic carbocycles. The SMILES string of the molecule is Cc1ccc([C@H](C(=O)NCc2ccccc2)[C@H](C)/C=C/c2ccccc2)cc1. The average Bonchev–Trinajstić information content (AvgIpc) is 2.74. The summed E-state index contributed by atoms with van der Waals surface area (Å²) in [5.74, 6) is -0.110. The maximum Gasteiger partial charge on any atom is 0.228 e. The van der Waals surface area contributed by atoms with E-state index in [0.29, 0.717) is 6.54 Å². The molecule has 0 heterocycles. The highest BCUT2D eigenvalue weighted by atomic mass is 16.1. The van der Waals surface area contributed by atoms with E-state index < -0.39 is 0 Å². The lowest BCUT2D eigenvalue weighted by atomic mass is 9.85. The number of benzene rings is 3. The maximum absolute atomic E-state index is 13.1. The molecule has 2 nitrogen and oxygen atoms in total. The van der Waals surface area contributed by atoms with E-state index >= 15 is 0 Å². The minimum absolute atomic E-state index is 0.0536. The van der Waals surface area contributed by atoms with Crippen LogP contribution in [0, 0.1) is 12.8 Å². The van der Waals surface area contributed by atoms with Gasteiger partial charge in [0.1, 0.15) is 0 Å². The lowest BCUT2D eigenvalue weighted by Crippen LogP contribution is -2.32. The Kier molecular flexibility index (Phi) is 6.80. The Morgan fingerprint density at radius 1 is 0.893 bits per heavy atom. The summed E-state index contributed by atoms with van der Waals surface area (Å²) in [7, 11) is 0. The molecule has 0 aliphatic rings. The minimum Gasteiger partial charge on any atom is -0.351 e. The monoisotopic (exact) mass is 369 g/mol. The number of carbonyl (C=O) groups excluding carboxylic acids is 1. The first-order chi connectivity index (χ1) is 13.6. The summed E-state index contributed by atoms with van der Waals surface area (Å²) in [6.07, 6.45) is 4.22. The van der Waals surface area contributed by atoms with Gasteiger partial charge in [-0.15, -0.1) is 0 Å². The van der Waals surface area contributed by atoms with Crippen molar-refractivity contribution in [2.45, 2.75) is 26.3 Å². The highest BCUT2D eigenvalue weighted by Crippen LogP contribution is 2.27. The predicted molar refractivity (Wildman–Crippen MR) is 117 cm³/mol. The summed E-state index contributed by atoms with van der Waals surface area (Å²) < 4.78 is 0. The molecule has 0 radical (unpaired) electrons. The Morgan fingerprint density at radius 3 is 2.14 bits per heavy atom. The molecule has 0 aliphatic carbocycles. The molecule has 3 aromatic rings. The zero-order valence-corrected chi connectivity index (χ0v) is 16.5. The Morgan fingerprint density at radius 2 is 1.50 bits per heavy atom. The zero-order valence-electron chi connectivity index (χ0n) is 16.5. The molecule has 1 N–H and O–H groups in total. The van der Waals surface area contributed by atoms with Gasteiger partial charge in [-0.25, -0.2) is 0 Å². The first-order valence-corrected chi connectivity index (χ1v) is 9.75. The summed E-state index contributed by atoms with van der Waals surface area (Å²) in [4.78, 5) is 13.1. The molecule has 142 valence electrons. The van der Waals surface area contributed by atoms with Gasteiger partial charge >= 0.3 is 0 Å². The van der Waals surface area contributed by atoms with Crippen molar-refractivity contribution in [1.29, 1.82) is 0 Å². The predicted octanol–water partition coefficient (Wildman–Crippen LogP) is 5.74. The minimum atomic E-state index is -0.232. The molecule has 28 heavy (non-hydrogen) atoms. The normalized spacial score (nSPS) is 13.2. The Balaban J connectivity index is 1.78. The topological polar surface area (TPSA) is 29.1 Å². The van der Waals surface area contributed by atoms with Crippen LogP contribution in [0.15, 0.2) is 91.0 Å². The molecule has 0 saturated heterocycles. The van der Waals surface area contributed by atoms with Gasteiger partial charge in [0.15, 0.2) is 0 Å². The molecular formula is C26H27NO. The second kappa shape index (κ2) is 9.70. The Bertz CT molecular complexity index is 898. The van der Waals surface area contributed by atoms with E-state index in [1.807, 2.05) is 48.5 Å². The second-order valence-corrected chi connectivity index (χ2v) is 7.22. The first kappa shape index (κ1) is 19.6. The maximum atomic E-state index is 13.1. The number of rotatable bonds is 7. The highest BCUT2D eigenvalue weighted by molar-refractivity contribution is 5.84. The van der Waals surface area contributed by atoms with E-state index in [0.717, 1.165) is 16.7 Å². The van der Waals surface area contributed by atoms with Crippen molar-refractivity contribution in [3.63, 3.8) is 0 Å². The molecule has 0 spiro atoms. The van der Waals surface area contributed by atoms with Crippen LogP contribution in [0.2, 0.25) is 0 Å². The van der Waals surface area contributed by atoms with Crippen LogP contribution in [-0.4, -0.2) is 5.91 Å². The van der Waals surface area contributed by atoms with Gasteiger partial charge in [0, 0.05) is 6.54 Å². The Labute approximate surface area is 167 Å². The number of hydrogen-bond acceptors (Lipinski definition) is 1. The Hall–Kier alpha value is -3.13. The van der Waals surface area contributed by atoms with Gasteiger partial charge in [-0.3, -0.25) is 4.79 Å². The number of aryl methyl sites for hydroxylation is 1. The first-order valence-electron chi connectivity index (χ1n) is 9.75. The molecule has 1 amide bonds. The fourth-order valence-electron chi connectivity index (χ4n) is 3.30. The summed E-state index contributed by atoms with van der Waals surface area (Å²) in [5, 5.41) is 3.12. The number of allylic oxidation sites excluding steroid dienone is 1. The van der Waals surface area contributed by atoms with Gasteiger partial charge in [-0.05, 0) is 29.5 Å². The van der Waals surface area contributed by atoms with E-state index in [4.69, 9.17) is 0 Å². The van der Waals surface area contributed by atoms with Gasteiger partial charge in [0.2, 0.25) is 5.91 Å². The molecule has 0 fully saturated rings. The van der Waals surface area contributed by atoms with Gasteiger partial charge in [-0.2, -0.15) is 0 Å². The fraction of sp³-hybridized carbons (Fsp3) is 0.192. The van der Waals surface area contributed by atoms with Crippen molar-refractivity contribution in [2.75, 3.05) is 0 Å². The molecule has 0 unspecified atom stereocenters. The quantitative estimate of drug-likeness (QED) is 0.565. The average molecular weight is 370 g/mol. The third kappa shape index (κ3) is 5.43. The lowest BCUT2D eigenvalue weighted by Gasteiger charge is -2.22. The summed E-state index contributed by atoms with van der Waals surface area (Å²) in [5.41, 5.74) is 4.48. The standard InChI is InChI=1S/C26H27NO/c1-20-13-17-24(18-14-20)25(21(2)15-16-22-9-5-3-6-10-22)26(28)27-19-23-11-7-4-8-12-23/h3-18,21,25H,19H2,1-2H3,(H,27,28)/b16-15+/t21-,25-/m1/s1.